The van der Waals surface area contributed by atoms with E-state index >= 15 is 0 Å². The topological polar surface area (TPSA) is 17.1 Å². The van der Waals surface area contributed by atoms with E-state index in [0.717, 1.165) is 6.42 Å². The predicted octanol–water partition coefficient (Wildman–Crippen LogP) is 2.80. The summed E-state index contributed by atoms with van der Waals surface area (Å²) in [5.41, 5.74) is 0.414. The van der Waals surface area contributed by atoms with Crippen LogP contribution in [0.3, 0.4) is 0 Å². The van der Waals surface area contributed by atoms with E-state index < -0.39 is 0 Å². The van der Waals surface area contributed by atoms with E-state index in [0.29, 0.717) is 11.3 Å². The molecule has 68 valence electrons. The molecule has 1 nitrogen and oxygen atoms in total. The molecule has 0 heterocycles. The Labute approximate surface area is 79.3 Å². The minimum Gasteiger partial charge on any atom is -0.287 e. The third-order valence-electron chi connectivity index (χ3n) is 3.80. The van der Waals surface area contributed by atoms with Crippen molar-refractivity contribution in [2.24, 2.45) is 11.3 Å². The third-order valence-corrected chi connectivity index (χ3v) is 4.12. The fourth-order valence-electron chi connectivity index (χ4n) is 2.92. The molecule has 2 heteroatoms. The number of thiol groups is 1. The Morgan fingerprint density at radius 1 is 1.17 bits per heavy atom. The van der Waals surface area contributed by atoms with E-state index in [9.17, 15) is 4.79 Å². The van der Waals surface area contributed by atoms with Crippen LogP contribution >= 0.6 is 12.6 Å². The van der Waals surface area contributed by atoms with Crippen molar-refractivity contribution in [2.45, 2.75) is 44.9 Å². The van der Waals surface area contributed by atoms with Gasteiger partial charge >= 0.3 is 0 Å². The van der Waals surface area contributed by atoms with Crippen LogP contribution in [0.15, 0.2) is 0 Å². The molecule has 0 bridgehead atoms. The Bertz CT molecular complexity index is 196. The largest absolute Gasteiger partial charge is 0.287 e. The van der Waals surface area contributed by atoms with Crippen LogP contribution in [-0.2, 0) is 4.79 Å². The van der Waals surface area contributed by atoms with Crippen LogP contribution in [0.1, 0.15) is 44.9 Å². The van der Waals surface area contributed by atoms with E-state index in [1.165, 1.54) is 38.5 Å². The molecule has 2 aliphatic carbocycles. The Balaban J connectivity index is 2.11. The molecule has 1 atom stereocenters. The van der Waals surface area contributed by atoms with Gasteiger partial charge in [0.2, 0.25) is 0 Å². The summed E-state index contributed by atoms with van der Waals surface area (Å²) < 4.78 is 0. The summed E-state index contributed by atoms with van der Waals surface area (Å²) in [6.45, 7) is 0. The van der Waals surface area contributed by atoms with Crippen LogP contribution in [-0.4, -0.2) is 5.12 Å². The summed E-state index contributed by atoms with van der Waals surface area (Å²) in [7, 11) is 0. The number of hydrogen-bond donors (Lipinski definition) is 1. The van der Waals surface area contributed by atoms with Crippen LogP contribution in [0.2, 0.25) is 0 Å². The second-order valence-electron chi connectivity index (χ2n) is 4.35. The van der Waals surface area contributed by atoms with E-state index in [1.807, 2.05) is 0 Å². The molecular weight excluding hydrogens is 168 g/mol. The van der Waals surface area contributed by atoms with Gasteiger partial charge in [0.15, 0.2) is 5.12 Å². The number of carbonyl (C=O) groups is 1. The van der Waals surface area contributed by atoms with Crippen LogP contribution < -0.4 is 0 Å². The van der Waals surface area contributed by atoms with E-state index in [1.54, 1.807) is 0 Å². The van der Waals surface area contributed by atoms with E-state index in [2.05, 4.69) is 12.6 Å². The molecule has 0 aromatic rings. The van der Waals surface area contributed by atoms with Gasteiger partial charge in [0, 0.05) is 5.92 Å². The quantitative estimate of drug-likeness (QED) is 0.620. The first-order valence-corrected chi connectivity index (χ1v) is 5.42. The summed E-state index contributed by atoms with van der Waals surface area (Å²) in [4.78, 5) is 11.3. The molecule has 0 saturated heterocycles. The molecular formula is C10H16OS. The second kappa shape index (κ2) is 3.06. The molecule has 0 aromatic carbocycles. The first-order valence-electron chi connectivity index (χ1n) is 4.97. The third kappa shape index (κ3) is 1.20. The molecule has 12 heavy (non-hydrogen) atoms. The molecule has 2 fully saturated rings. The average Bonchev–Trinajstić information content (AvgIpc) is 2.01. The van der Waals surface area contributed by atoms with E-state index in [4.69, 9.17) is 0 Å². The molecule has 0 radical (unpaired) electrons. The van der Waals surface area contributed by atoms with Crippen LogP contribution in [0.25, 0.3) is 0 Å². The highest BCUT2D eigenvalue weighted by atomic mass is 32.1. The maximum Gasteiger partial charge on any atom is 0.189 e. The Morgan fingerprint density at radius 3 is 2.25 bits per heavy atom. The normalized spacial score (nSPS) is 32.9. The molecule has 1 unspecified atom stereocenters. The van der Waals surface area contributed by atoms with Gasteiger partial charge in [-0.1, -0.05) is 19.3 Å². The second-order valence-corrected chi connectivity index (χ2v) is 4.79. The fourth-order valence-corrected chi connectivity index (χ4v) is 3.32. The first-order chi connectivity index (χ1) is 5.75. The van der Waals surface area contributed by atoms with Gasteiger partial charge in [-0.15, -0.1) is 12.6 Å². The molecule has 2 saturated carbocycles. The lowest BCUT2D eigenvalue weighted by Gasteiger charge is -2.49. The summed E-state index contributed by atoms with van der Waals surface area (Å²) in [5.74, 6) is 0.295. The van der Waals surface area contributed by atoms with Crippen molar-refractivity contribution in [1.29, 1.82) is 0 Å². The van der Waals surface area contributed by atoms with Crippen molar-refractivity contribution in [3.8, 4) is 0 Å². The maximum absolute atomic E-state index is 11.3. The highest BCUT2D eigenvalue weighted by Crippen LogP contribution is 2.55. The van der Waals surface area contributed by atoms with Gasteiger partial charge in [0.1, 0.15) is 0 Å². The summed E-state index contributed by atoms with van der Waals surface area (Å²) >= 11 is 4.00. The molecule has 0 aromatic heterocycles. The Kier molecular flexibility index (Phi) is 2.19. The van der Waals surface area contributed by atoms with E-state index in [-0.39, 0.29) is 5.12 Å². The lowest BCUT2D eigenvalue weighted by atomic mass is 9.55. The van der Waals surface area contributed by atoms with Gasteiger partial charge in [-0.3, -0.25) is 4.79 Å². The van der Waals surface area contributed by atoms with Gasteiger partial charge in [0.25, 0.3) is 0 Å². The average molecular weight is 184 g/mol. The summed E-state index contributed by atoms with van der Waals surface area (Å²) in [6.07, 6.45) is 8.84. The predicted molar refractivity (Wildman–Crippen MR) is 52.2 cm³/mol. The molecule has 2 rings (SSSR count). The molecule has 0 amide bonds. The van der Waals surface area contributed by atoms with Crippen molar-refractivity contribution in [3.05, 3.63) is 0 Å². The zero-order valence-corrected chi connectivity index (χ0v) is 8.28. The van der Waals surface area contributed by atoms with Crippen molar-refractivity contribution in [1.82, 2.24) is 0 Å². The Morgan fingerprint density at radius 2 is 1.83 bits per heavy atom. The zero-order chi connectivity index (χ0) is 8.60. The number of hydrogen-bond acceptors (Lipinski definition) is 1. The van der Waals surface area contributed by atoms with Crippen molar-refractivity contribution < 1.29 is 4.79 Å². The van der Waals surface area contributed by atoms with Gasteiger partial charge in [0.05, 0.1) is 0 Å². The highest BCUT2D eigenvalue weighted by molar-refractivity contribution is 7.96. The standard InChI is InChI=1S/C10H16OS/c11-9(12)8-4-1-2-5-10(8)6-3-7-10/h8H,1-7H2,(H,11,12). The van der Waals surface area contributed by atoms with Gasteiger partial charge in [-0.2, -0.15) is 0 Å². The van der Waals surface area contributed by atoms with Crippen molar-refractivity contribution in [2.75, 3.05) is 0 Å². The SMILES string of the molecule is O=C(S)C1CCCCC12CCC2. The van der Waals surface area contributed by atoms with Crippen LogP contribution in [0.5, 0.6) is 0 Å². The lowest BCUT2D eigenvalue weighted by molar-refractivity contribution is -0.123. The fraction of sp³-hybridized carbons (Fsp3) is 0.900. The number of carbonyl (C=O) groups excluding carboxylic acids is 1. The van der Waals surface area contributed by atoms with Crippen LogP contribution in [0.4, 0.5) is 0 Å². The lowest BCUT2D eigenvalue weighted by Crippen LogP contribution is -2.42. The van der Waals surface area contributed by atoms with Crippen LogP contribution in [0, 0.1) is 11.3 Å². The molecule has 2 aliphatic rings. The highest BCUT2D eigenvalue weighted by Gasteiger charge is 2.47. The zero-order valence-electron chi connectivity index (χ0n) is 7.38. The van der Waals surface area contributed by atoms with Crippen molar-refractivity contribution >= 4 is 17.7 Å². The van der Waals surface area contributed by atoms with Gasteiger partial charge in [-0.25, -0.2) is 0 Å². The molecule has 0 aliphatic heterocycles. The first kappa shape index (κ1) is 8.61. The monoisotopic (exact) mass is 184 g/mol. The Hall–Kier alpha value is 0.0200. The molecule has 1 spiro atoms. The smallest absolute Gasteiger partial charge is 0.189 e. The summed E-state index contributed by atoms with van der Waals surface area (Å²) in [5, 5.41) is 0.148. The number of rotatable bonds is 1. The molecule has 0 N–H and O–H groups in total. The maximum atomic E-state index is 11.3. The minimum atomic E-state index is 0.148. The summed E-state index contributed by atoms with van der Waals surface area (Å²) in [6, 6.07) is 0. The van der Waals surface area contributed by atoms with Gasteiger partial charge in [-0.05, 0) is 31.1 Å². The minimum absolute atomic E-state index is 0.148. The van der Waals surface area contributed by atoms with Gasteiger partial charge < -0.3 is 0 Å². The van der Waals surface area contributed by atoms with Crippen molar-refractivity contribution in [3.63, 3.8) is 0 Å².